The molecular weight excluding hydrogens is 312 g/mol. The monoisotopic (exact) mass is 332 g/mol. The average Bonchev–Trinajstić information content (AvgIpc) is 2.53. The molecule has 0 aliphatic carbocycles. The first-order valence-corrected chi connectivity index (χ1v) is 8.80. The largest absolute Gasteiger partial charge is 0.355 e. The highest BCUT2D eigenvalue weighted by Crippen LogP contribution is 2.24. The van der Waals surface area contributed by atoms with Gasteiger partial charge in [-0.15, -0.1) is 0 Å². The first-order chi connectivity index (χ1) is 10.9. The van der Waals surface area contributed by atoms with Gasteiger partial charge in [0.15, 0.2) is 0 Å². The van der Waals surface area contributed by atoms with E-state index in [1.54, 1.807) is 43.3 Å². The van der Waals surface area contributed by atoms with Crippen LogP contribution < -0.4 is 9.62 Å². The number of nitrogens with one attached hydrogen (secondary N) is 1. The Morgan fingerprint density at radius 1 is 1.09 bits per heavy atom. The topological polar surface area (TPSA) is 66.5 Å². The van der Waals surface area contributed by atoms with Gasteiger partial charge >= 0.3 is 0 Å². The van der Waals surface area contributed by atoms with E-state index in [9.17, 15) is 13.2 Å². The fraction of sp³-hybridized carbons (Fsp3) is 0.235. The first-order valence-electron chi connectivity index (χ1n) is 7.36. The van der Waals surface area contributed by atoms with Gasteiger partial charge in [-0.05, 0) is 43.7 Å². The molecule has 0 spiro atoms. The van der Waals surface area contributed by atoms with Crippen LogP contribution in [0.2, 0.25) is 0 Å². The van der Waals surface area contributed by atoms with Crippen LogP contribution in [0.3, 0.4) is 0 Å². The molecule has 0 aromatic heterocycles. The van der Waals surface area contributed by atoms with Crippen molar-refractivity contribution in [1.29, 1.82) is 0 Å². The lowest BCUT2D eigenvalue weighted by Gasteiger charge is -2.24. The molecular formula is C17H20N2O3S. The van der Waals surface area contributed by atoms with Gasteiger partial charge in [0.2, 0.25) is 5.91 Å². The lowest BCUT2D eigenvalue weighted by molar-refractivity contribution is -0.119. The van der Waals surface area contributed by atoms with Crippen molar-refractivity contribution in [2.45, 2.75) is 18.7 Å². The lowest BCUT2D eigenvalue weighted by Crippen LogP contribution is -2.40. The Bertz CT molecular complexity index is 773. The van der Waals surface area contributed by atoms with E-state index in [2.05, 4.69) is 5.32 Å². The standard InChI is InChI=1S/C17H20N2O3S/c1-3-18-17(20)13-19(15-9-7-8-14(2)12-15)23(21,22)16-10-5-4-6-11-16/h4-12H,3,13H2,1-2H3,(H,18,20). The third-order valence-corrected chi connectivity index (χ3v) is 5.07. The second-order valence-corrected chi connectivity index (χ2v) is 6.98. The Kier molecular flexibility index (Phi) is 5.39. The molecule has 0 saturated carbocycles. The van der Waals surface area contributed by atoms with Gasteiger partial charge in [-0.3, -0.25) is 9.10 Å². The van der Waals surface area contributed by atoms with Crippen LogP contribution in [0.25, 0.3) is 0 Å². The summed E-state index contributed by atoms with van der Waals surface area (Å²) >= 11 is 0. The molecule has 122 valence electrons. The van der Waals surface area contributed by atoms with Gasteiger partial charge in [0.1, 0.15) is 6.54 Å². The van der Waals surface area contributed by atoms with Gasteiger partial charge in [0.25, 0.3) is 10.0 Å². The van der Waals surface area contributed by atoms with Crippen LogP contribution in [0.4, 0.5) is 5.69 Å². The van der Waals surface area contributed by atoms with E-state index >= 15 is 0 Å². The Morgan fingerprint density at radius 2 is 1.78 bits per heavy atom. The number of anilines is 1. The van der Waals surface area contributed by atoms with Crippen molar-refractivity contribution >= 4 is 21.6 Å². The number of nitrogens with zero attached hydrogens (tertiary/aromatic N) is 1. The molecule has 23 heavy (non-hydrogen) atoms. The van der Waals surface area contributed by atoms with Crippen LogP contribution in [0.5, 0.6) is 0 Å². The number of benzene rings is 2. The number of hydrogen-bond donors (Lipinski definition) is 1. The number of carbonyl (C=O) groups is 1. The predicted molar refractivity (Wildman–Crippen MR) is 90.8 cm³/mol. The van der Waals surface area contributed by atoms with Crippen molar-refractivity contribution in [1.82, 2.24) is 5.32 Å². The quantitative estimate of drug-likeness (QED) is 0.883. The third kappa shape index (κ3) is 4.10. The molecule has 0 heterocycles. The summed E-state index contributed by atoms with van der Waals surface area (Å²) in [5.41, 5.74) is 1.40. The highest BCUT2D eigenvalue weighted by molar-refractivity contribution is 7.92. The maximum absolute atomic E-state index is 12.9. The molecule has 6 heteroatoms. The third-order valence-electron chi connectivity index (χ3n) is 3.28. The molecule has 0 radical (unpaired) electrons. The molecule has 0 aliphatic heterocycles. The molecule has 1 N–H and O–H groups in total. The van der Waals surface area contributed by atoms with Crippen LogP contribution >= 0.6 is 0 Å². The second-order valence-electron chi connectivity index (χ2n) is 5.12. The van der Waals surface area contributed by atoms with Crippen molar-refractivity contribution in [3.63, 3.8) is 0 Å². The number of carbonyl (C=O) groups excluding carboxylic acids is 1. The molecule has 0 unspecified atom stereocenters. The number of aryl methyl sites for hydroxylation is 1. The minimum atomic E-state index is -3.81. The number of hydrogen-bond acceptors (Lipinski definition) is 3. The normalized spacial score (nSPS) is 11.0. The zero-order valence-corrected chi connectivity index (χ0v) is 14.0. The summed E-state index contributed by atoms with van der Waals surface area (Å²) in [6.07, 6.45) is 0. The molecule has 2 aromatic carbocycles. The zero-order chi connectivity index (χ0) is 16.9. The highest BCUT2D eigenvalue weighted by Gasteiger charge is 2.26. The minimum absolute atomic E-state index is 0.158. The molecule has 0 bridgehead atoms. The first kappa shape index (κ1) is 17.0. The summed E-state index contributed by atoms with van der Waals surface area (Å²) in [7, 11) is -3.81. The number of rotatable bonds is 6. The predicted octanol–water partition coefficient (Wildman–Crippen LogP) is 2.33. The molecule has 1 amide bonds. The summed E-state index contributed by atoms with van der Waals surface area (Å²) in [6.45, 7) is 3.87. The van der Waals surface area contributed by atoms with Crippen LogP contribution in [0.15, 0.2) is 59.5 Å². The lowest BCUT2D eigenvalue weighted by atomic mass is 10.2. The van der Waals surface area contributed by atoms with Crippen molar-refractivity contribution in [2.75, 3.05) is 17.4 Å². The van der Waals surface area contributed by atoms with Crippen LogP contribution in [-0.2, 0) is 14.8 Å². The number of likely N-dealkylation sites (N-methyl/N-ethyl adjacent to an activating group) is 1. The second kappa shape index (κ2) is 7.28. The highest BCUT2D eigenvalue weighted by atomic mass is 32.2. The van der Waals surface area contributed by atoms with E-state index in [1.807, 2.05) is 13.0 Å². The maximum Gasteiger partial charge on any atom is 0.264 e. The van der Waals surface area contributed by atoms with Crippen molar-refractivity contribution < 1.29 is 13.2 Å². The van der Waals surface area contributed by atoms with E-state index in [0.717, 1.165) is 9.87 Å². The van der Waals surface area contributed by atoms with Gasteiger partial charge < -0.3 is 5.32 Å². The van der Waals surface area contributed by atoms with Crippen molar-refractivity contribution in [2.24, 2.45) is 0 Å². The van der Waals surface area contributed by atoms with Crippen LogP contribution in [-0.4, -0.2) is 27.4 Å². The number of sulfonamides is 1. The van der Waals surface area contributed by atoms with Gasteiger partial charge in [-0.1, -0.05) is 30.3 Å². The minimum Gasteiger partial charge on any atom is -0.355 e. The van der Waals surface area contributed by atoms with E-state index in [4.69, 9.17) is 0 Å². The van der Waals surface area contributed by atoms with Gasteiger partial charge in [-0.2, -0.15) is 0 Å². The Labute approximate surface area is 137 Å². The summed E-state index contributed by atoms with van der Waals surface area (Å²) in [5, 5.41) is 2.64. The molecule has 0 fully saturated rings. The van der Waals surface area contributed by atoms with E-state index < -0.39 is 10.0 Å². The molecule has 5 nitrogen and oxygen atoms in total. The molecule has 2 aromatic rings. The fourth-order valence-corrected chi connectivity index (χ4v) is 3.64. The maximum atomic E-state index is 12.9. The molecule has 0 aliphatic rings. The zero-order valence-electron chi connectivity index (χ0n) is 13.2. The Hall–Kier alpha value is -2.34. The average molecular weight is 332 g/mol. The van der Waals surface area contributed by atoms with Crippen LogP contribution in [0.1, 0.15) is 12.5 Å². The Balaban J connectivity index is 2.47. The summed E-state index contributed by atoms with van der Waals surface area (Å²) in [5.74, 6) is -0.339. The number of amides is 1. The van der Waals surface area contributed by atoms with Crippen LogP contribution in [0, 0.1) is 6.92 Å². The SMILES string of the molecule is CCNC(=O)CN(c1cccc(C)c1)S(=O)(=O)c1ccccc1. The summed E-state index contributed by atoms with van der Waals surface area (Å²) < 4.78 is 27.0. The van der Waals surface area contributed by atoms with Crippen molar-refractivity contribution in [3.05, 3.63) is 60.2 Å². The van der Waals surface area contributed by atoms with E-state index in [0.29, 0.717) is 12.2 Å². The summed E-state index contributed by atoms with van der Waals surface area (Å²) in [6, 6.07) is 15.2. The molecule has 0 saturated heterocycles. The van der Waals surface area contributed by atoms with Gasteiger partial charge in [-0.25, -0.2) is 8.42 Å². The molecule has 2 rings (SSSR count). The van der Waals surface area contributed by atoms with Gasteiger partial charge in [0.05, 0.1) is 10.6 Å². The van der Waals surface area contributed by atoms with E-state index in [1.165, 1.54) is 12.1 Å². The Morgan fingerprint density at radius 3 is 2.39 bits per heavy atom. The van der Waals surface area contributed by atoms with E-state index in [-0.39, 0.29) is 17.3 Å². The molecule has 0 atom stereocenters. The summed E-state index contributed by atoms with van der Waals surface area (Å²) in [4.78, 5) is 12.1. The van der Waals surface area contributed by atoms with Crippen molar-refractivity contribution in [3.8, 4) is 0 Å². The fourth-order valence-electron chi connectivity index (χ4n) is 2.20. The van der Waals surface area contributed by atoms with Gasteiger partial charge in [0, 0.05) is 6.54 Å². The smallest absolute Gasteiger partial charge is 0.264 e.